The fourth-order valence-electron chi connectivity index (χ4n) is 4.32. The van der Waals surface area contributed by atoms with E-state index in [9.17, 15) is 24.9 Å². The summed E-state index contributed by atoms with van der Waals surface area (Å²) in [6.07, 6.45) is -2.84. The molecule has 8 nitrogen and oxygen atoms in total. The van der Waals surface area contributed by atoms with Crippen molar-refractivity contribution >= 4 is 11.8 Å². The molecule has 8 heteroatoms. The van der Waals surface area contributed by atoms with Gasteiger partial charge in [-0.2, -0.15) is 0 Å². The maximum atomic E-state index is 13.0. The molecule has 0 aromatic rings. The van der Waals surface area contributed by atoms with Crippen molar-refractivity contribution in [2.75, 3.05) is 0 Å². The van der Waals surface area contributed by atoms with E-state index in [-0.39, 0.29) is 29.6 Å². The van der Waals surface area contributed by atoms with E-state index in [1.807, 2.05) is 27.7 Å². The van der Waals surface area contributed by atoms with Crippen LogP contribution < -0.4 is 0 Å². The highest BCUT2D eigenvalue weighted by molar-refractivity contribution is 5.91. The van der Waals surface area contributed by atoms with Crippen molar-refractivity contribution in [3.63, 3.8) is 0 Å². The van der Waals surface area contributed by atoms with Crippen LogP contribution in [0.25, 0.3) is 0 Å². The summed E-state index contributed by atoms with van der Waals surface area (Å²) in [7, 11) is 0. The number of allylic oxidation sites excluding steroid dienone is 1. The first-order chi connectivity index (χ1) is 14.5. The molecule has 31 heavy (non-hydrogen) atoms. The zero-order valence-corrected chi connectivity index (χ0v) is 19.3. The van der Waals surface area contributed by atoms with Gasteiger partial charge in [-0.05, 0) is 38.7 Å². The van der Waals surface area contributed by atoms with E-state index in [1.54, 1.807) is 26.0 Å². The molecule has 1 saturated heterocycles. The Labute approximate surface area is 184 Å². The molecule has 0 aromatic heterocycles. The number of carbonyl (C=O) groups excluding carboxylic acids is 2. The lowest BCUT2D eigenvalue weighted by Gasteiger charge is -2.42. The van der Waals surface area contributed by atoms with Crippen LogP contribution in [0.1, 0.15) is 54.4 Å². The molecule has 1 fully saturated rings. The van der Waals surface area contributed by atoms with Crippen LogP contribution in [0.3, 0.4) is 0 Å². The molecule has 0 bridgehead atoms. The van der Waals surface area contributed by atoms with Crippen molar-refractivity contribution in [2.24, 2.45) is 23.7 Å². The minimum atomic E-state index is -1.48. The molecule has 11 atom stereocenters. The number of ether oxygens (including phenoxy) is 3. The topological polar surface area (TPSA) is 123 Å². The molecular formula is C23H38O8. The van der Waals surface area contributed by atoms with E-state index >= 15 is 0 Å². The van der Waals surface area contributed by atoms with Crippen LogP contribution in [-0.4, -0.2) is 70.0 Å². The summed E-state index contributed by atoms with van der Waals surface area (Å²) in [6, 6.07) is 0. The van der Waals surface area contributed by atoms with Crippen LogP contribution in [0.4, 0.5) is 0 Å². The van der Waals surface area contributed by atoms with Crippen molar-refractivity contribution in [1.29, 1.82) is 0 Å². The van der Waals surface area contributed by atoms with Crippen molar-refractivity contribution in [1.82, 2.24) is 0 Å². The number of aliphatic hydroxyl groups excluding tert-OH is 3. The third-order valence-electron chi connectivity index (χ3n) is 6.56. The normalized spacial score (nSPS) is 46.5. The fraction of sp³-hybridized carbons (Fsp3) is 0.826. The summed E-state index contributed by atoms with van der Waals surface area (Å²) in [5, 5.41) is 30.4. The fourth-order valence-corrected chi connectivity index (χ4v) is 4.32. The second-order valence-corrected chi connectivity index (χ2v) is 9.19. The van der Waals surface area contributed by atoms with Crippen LogP contribution in [0.15, 0.2) is 12.2 Å². The minimum Gasteiger partial charge on any atom is -0.461 e. The second-order valence-electron chi connectivity index (χ2n) is 9.19. The van der Waals surface area contributed by atoms with Gasteiger partial charge in [0.25, 0.3) is 0 Å². The Bertz CT molecular complexity index is 649. The third kappa shape index (κ3) is 6.14. The van der Waals surface area contributed by atoms with E-state index in [0.717, 1.165) is 0 Å². The Morgan fingerprint density at radius 1 is 1.03 bits per heavy atom. The molecule has 2 rings (SSSR count). The molecule has 178 valence electrons. The highest BCUT2D eigenvalue weighted by atomic mass is 16.7. The Morgan fingerprint density at radius 3 is 2.29 bits per heavy atom. The molecular weight excluding hydrogens is 404 g/mol. The zero-order valence-electron chi connectivity index (χ0n) is 19.3. The van der Waals surface area contributed by atoms with Crippen LogP contribution in [-0.2, 0) is 23.8 Å². The Balaban J connectivity index is 2.31. The summed E-state index contributed by atoms with van der Waals surface area (Å²) in [5.41, 5.74) is 0. The van der Waals surface area contributed by atoms with Gasteiger partial charge < -0.3 is 29.5 Å². The summed E-state index contributed by atoms with van der Waals surface area (Å²) >= 11 is 0. The van der Waals surface area contributed by atoms with Crippen LogP contribution in [0, 0.1) is 23.7 Å². The Kier molecular flexibility index (Phi) is 9.21. The first-order valence-corrected chi connectivity index (χ1v) is 11.3. The van der Waals surface area contributed by atoms with E-state index < -0.39 is 48.7 Å². The SMILES string of the molecule is CC[C@H]1OC(=O)[C@H](C)[C@@H](O[C@@H]2O[C@@H](C)[C@H](O)[C@@H](O)[C@H]2O)[C@@H](C)C[C@@H](C)C(=O)/C=C/[C@@H]1C. The molecule has 0 radical (unpaired) electrons. The van der Waals surface area contributed by atoms with Crippen LogP contribution in [0.2, 0.25) is 0 Å². The van der Waals surface area contributed by atoms with Gasteiger partial charge >= 0.3 is 5.97 Å². The van der Waals surface area contributed by atoms with E-state index in [1.165, 1.54) is 0 Å². The smallest absolute Gasteiger partial charge is 0.311 e. The maximum absolute atomic E-state index is 13.0. The van der Waals surface area contributed by atoms with E-state index in [4.69, 9.17) is 14.2 Å². The number of aliphatic hydroxyl groups is 3. The van der Waals surface area contributed by atoms with Gasteiger partial charge in [0.1, 0.15) is 24.4 Å². The van der Waals surface area contributed by atoms with Gasteiger partial charge in [-0.1, -0.05) is 33.8 Å². The van der Waals surface area contributed by atoms with Crippen LogP contribution >= 0.6 is 0 Å². The van der Waals surface area contributed by atoms with Gasteiger partial charge in [-0.25, -0.2) is 0 Å². The highest BCUT2D eigenvalue weighted by Crippen LogP contribution is 2.31. The van der Waals surface area contributed by atoms with Crippen molar-refractivity contribution < 1.29 is 39.1 Å². The van der Waals surface area contributed by atoms with Gasteiger partial charge in [0.2, 0.25) is 0 Å². The summed E-state index contributed by atoms with van der Waals surface area (Å²) in [4.78, 5) is 25.5. The standard InChI is InChI=1S/C23H38O8/c1-7-17-11(2)8-9-16(24)12(3)10-13(4)21(14(5)22(28)30-17)31-23-20(27)19(26)18(25)15(6)29-23/h8-9,11-15,17-21,23,25-27H,7,10H2,1-6H3/b9-8+/t11-,12+,13-,14+,15-,17+,18-,19+,20+,21-,23-/m0/s1. The van der Waals surface area contributed by atoms with Crippen molar-refractivity contribution in [3.05, 3.63) is 12.2 Å². The first kappa shape index (κ1) is 25.9. The quantitative estimate of drug-likeness (QED) is 0.563. The van der Waals surface area contributed by atoms with Gasteiger partial charge in [0, 0.05) is 11.8 Å². The molecule has 0 aromatic carbocycles. The number of carbonyl (C=O) groups is 2. The monoisotopic (exact) mass is 442 g/mol. The van der Waals surface area contributed by atoms with Gasteiger partial charge in [-0.15, -0.1) is 0 Å². The molecule has 0 amide bonds. The second kappa shape index (κ2) is 11.0. The molecule has 2 aliphatic heterocycles. The Morgan fingerprint density at radius 2 is 1.68 bits per heavy atom. The molecule has 2 aliphatic rings. The number of hydrogen-bond donors (Lipinski definition) is 3. The van der Waals surface area contributed by atoms with Crippen molar-refractivity contribution in [2.45, 2.75) is 97.3 Å². The maximum Gasteiger partial charge on any atom is 0.311 e. The average Bonchev–Trinajstić information content (AvgIpc) is 2.73. The van der Waals surface area contributed by atoms with Crippen molar-refractivity contribution in [3.8, 4) is 0 Å². The minimum absolute atomic E-state index is 0.00651. The number of rotatable bonds is 3. The van der Waals surface area contributed by atoms with Gasteiger partial charge in [0.05, 0.1) is 18.1 Å². The predicted octanol–water partition coefficient (Wildman–Crippen LogP) is 1.59. The van der Waals surface area contributed by atoms with Crippen LogP contribution in [0.5, 0.6) is 0 Å². The number of ketones is 1. The molecule has 2 heterocycles. The lowest BCUT2D eigenvalue weighted by Crippen LogP contribution is -2.58. The lowest BCUT2D eigenvalue weighted by atomic mass is 9.84. The Hall–Kier alpha value is -1.32. The van der Waals surface area contributed by atoms with E-state index in [0.29, 0.717) is 12.8 Å². The molecule has 0 spiro atoms. The van der Waals surface area contributed by atoms with E-state index in [2.05, 4.69) is 0 Å². The average molecular weight is 443 g/mol. The largest absolute Gasteiger partial charge is 0.461 e. The third-order valence-corrected chi connectivity index (χ3v) is 6.56. The molecule has 0 aliphatic carbocycles. The summed E-state index contributed by atoms with van der Waals surface area (Å²) in [6.45, 7) is 10.8. The van der Waals surface area contributed by atoms with Gasteiger partial charge in [0.15, 0.2) is 12.1 Å². The highest BCUT2D eigenvalue weighted by Gasteiger charge is 2.45. The summed E-state index contributed by atoms with van der Waals surface area (Å²) in [5.74, 6) is -1.78. The zero-order chi connectivity index (χ0) is 23.5. The van der Waals surface area contributed by atoms with Gasteiger partial charge in [-0.3, -0.25) is 9.59 Å². The number of hydrogen-bond acceptors (Lipinski definition) is 8. The summed E-state index contributed by atoms with van der Waals surface area (Å²) < 4.78 is 17.4. The number of cyclic esters (lactones) is 1. The lowest BCUT2D eigenvalue weighted by molar-refractivity contribution is -0.311. The molecule has 0 unspecified atom stereocenters. The molecule has 3 N–H and O–H groups in total. The first-order valence-electron chi connectivity index (χ1n) is 11.3. The number of esters is 1. The predicted molar refractivity (Wildman–Crippen MR) is 113 cm³/mol. The molecule has 0 saturated carbocycles.